The van der Waals surface area contributed by atoms with E-state index < -0.39 is 33.3 Å². The fourth-order valence-electron chi connectivity index (χ4n) is 2.72. The summed E-state index contributed by atoms with van der Waals surface area (Å²) in [5.74, 6) is -0.273. The Morgan fingerprint density at radius 1 is 0.793 bits per heavy atom. The van der Waals surface area contributed by atoms with E-state index >= 15 is 0 Å². The Balaban J connectivity index is 2.26. The molecule has 0 bridgehead atoms. The number of hydrogen-bond acceptors (Lipinski definition) is 3. The first-order valence-corrected chi connectivity index (χ1v) is 10.5. The predicted molar refractivity (Wildman–Crippen MR) is 96.7 cm³/mol. The van der Waals surface area contributed by atoms with Gasteiger partial charge in [0.05, 0.1) is 16.9 Å². The number of halogens is 6. The Morgan fingerprint density at radius 2 is 1.21 bits per heavy atom. The van der Waals surface area contributed by atoms with E-state index in [-0.39, 0.29) is 36.5 Å². The van der Waals surface area contributed by atoms with Crippen LogP contribution in [0.15, 0.2) is 48.5 Å². The van der Waals surface area contributed by atoms with Crippen LogP contribution in [0.25, 0.3) is 0 Å². The van der Waals surface area contributed by atoms with Crippen LogP contribution in [0, 0.1) is 0 Å². The molecule has 0 spiro atoms. The van der Waals surface area contributed by atoms with Gasteiger partial charge in [0.1, 0.15) is 9.84 Å². The van der Waals surface area contributed by atoms with E-state index in [4.69, 9.17) is 0 Å². The molecule has 0 atom stereocenters. The molecule has 0 fully saturated rings. The highest BCUT2D eigenvalue weighted by molar-refractivity contribution is 7.90. The van der Waals surface area contributed by atoms with Gasteiger partial charge >= 0.3 is 12.4 Å². The molecule has 0 radical (unpaired) electrons. The lowest BCUT2D eigenvalue weighted by Gasteiger charge is -2.23. The Morgan fingerprint density at radius 3 is 1.55 bits per heavy atom. The molecule has 0 aliphatic carbocycles. The Hall–Kier alpha value is -2.07. The first-order valence-electron chi connectivity index (χ1n) is 8.46. The maximum absolute atomic E-state index is 12.9. The maximum Gasteiger partial charge on any atom is 0.416 e. The van der Waals surface area contributed by atoms with Crippen LogP contribution in [0.3, 0.4) is 0 Å². The number of sulfone groups is 1. The fourth-order valence-corrected chi connectivity index (χ4v) is 3.31. The van der Waals surface area contributed by atoms with Crippen LogP contribution >= 0.6 is 0 Å². The van der Waals surface area contributed by atoms with E-state index in [1.807, 2.05) is 0 Å². The van der Waals surface area contributed by atoms with Gasteiger partial charge in [-0.3, -0.25) is 4.90 Å². The first kappa shape index (κ1) is 23.2. The van der Waals surface area contributed by atoms with Crippen molar-refractivity contribution in [3.05, 3.63) is 70.8 Å². The number of nitrogens with zero attached hydrogens (tertiary/aromatic N) is 1. The molecule has 29 heavy (non-hydrogen) atoms. The van der Waals surface area contributed by atoms with E-state index in [1.54, 1.807) is 0 Å². The zero-order valence-electron chi connectivity index (χ0n) is 15.4. The highest BCUT2D eigenvalue weighted by Crippen LogP contribution is 2.31. The Bertz CT molecular complexity index is 879. The summed E-state index contributed by atoms with van der Waals surface area (Å²) in [6.07, 6.45) is -8.05. The van der Waals surface area contributed by atoms with Gasteiger partial charge in [-0.15, -0.1) is 0 Å². The minimum absolute atomic E-state index is 0.0364. The van der Waals surface area contributed by atoms with Crippen molar-refractivity contribution >= 4 is 9.84 Å². The monoisotopic (exact) mass is 439 g/mol. The lowest BCUT2D eigenvalue weighted by Crippen LogP contribution is -2.28. The second kappa shape index (κ2) is 8.74. The highest BCUT2D eigenvalue weighted by Gasteiger charge is 2.31. The Kier molecular flexibility index (Phi) is 7.00. The molecule has 0 saturated carbocycles. The molecule has 0 heterocycles. The van der Waals surface area contributed by atoms with Gasteiger partial charge in [-0.05, 0) is 23.3 Å². The average Bonchev–Trinajstić information content (AvgIpc) is 2.58. The summed E-state index contributed by atoms with van der Waals surface area (Å²) in [4.78, 5) is 1.51. The van der Waals surface area contributed by atoms with Crippen molar-refractivity contribution < 1.29 is 34.8 Å². The summed E-state index contributed by atoms with van der Waals surface area (Å²) < 4.78 is 100. The molecule has 0 saturated heterocycles. The zero-order chi connectivity index (χ0) is 21.9. The van der Waals surface area contributed by atoms with E-state index in [1.165, 1.54) is 29.2 Å². The second-order valence-electron chi connectivity index (χ2n) is 6.74. The number of alkyl halides is 6. The summed E-state index contributed by atoms with van der Waals surface area (Å²) in [6, 6.07) is 9.09. The van der Waals surface area contributed by atoms with Gasteiger partial charge in [-0.25, -0.2) is 8.42 Å². The Labute approximate surface area is 164 Å². The van der Waals surface area contributed by atoms with E-state index in [2.05, 4.69) is 0 Å². The van der Waals surface area contributed by atoms with Gasteiger partial charge in [0.15, 0.2) is 0 Å². The van der Waals surface area contributed by atoms with Gasteiger partial charge in [-0.2, -0.15) is 26.3 Å². The minimum Gasteiger partial charge on any atom is -0.294 e. The topological polar surface area (TPSA) is 37.4 Å². The number of rotatable bonds is 7. The van der Waals surface area contributed by atoms with Crippen molar-refractivity contribution in [3.63, 3.8) is 0 Å². The van der Waals surface area contributed by atoms with Crippen LogP contribution in [0.5, 0.6) is 0 Å². The molecule has 0 aliphatic heterocycles. The average molecular weight is 439 g/mol. The molecule has 0 N–H and O–H groups in total. The van der Waals surface area contributed by atoms with Gasteiger partial charge in [0.25, 0.3) is 0 Å². The highest BCUT2D eigenvalue weighted by atomic mass is 32.2. The standard InChI is InChI=1S/C19H19F6NO2S/c1-29(27,28)9-8-26(12-14-4-2-6-16(10-14)18(20,21)22)13-15-5-3-7-17(11-15)19(23,24)25/h2-7,10-11H,8-9,12-13H2,1H3. The number of benzene rings is 2. The van der Waals surface area contributed by atoms with Crippen molar-refractivity contribution in [1.82, 2.24) is 4.90 Å². The van der Waals surface area contributed by atoms with E-state index in [0.717, 1.165) is 30.5 Å². The third-order valence-electron chi connectivity index (χ3n) is 4.10. The summed E-state index contributed by atoms with van der Waals surface area (Å²) in [5.41, 5.74) is -1.14. The van der Waals surface area contributed by atoms with Crippen molar-refractivity contribution in [3.8, 4) is 0 Å². The van der Waals surface area contributed by atoms with Gasteiger partial charge in [0, 0.05) is 25.9 Å². The fraction of sp³-hybridized carbons (Fsp3) is 0.368. The molecule has 2 rings (SSSR count). The van der Waals surface area contributed by atoms with Crippen molar-refractivity contribution in [2.45, 2.75) is 25.4 Å². The van der Waals surface area contributed by atoms with E-state index in [9.17, 15) is 34.8 Å². The summed E-state index contributed by atoms with van der Waals surface area (Å²) in [6.45, 7) is -0.128. The lowest BCUT2D eigenvalue weighted by atomic mass is 10.1. The van der Waals surface area contributed by atoms with Crippen LogP contribution in [0.2, 0.25) is 0 Å². The quantitative estimate of drug-likeness (QED) is 0.584. The smallest absolute Gasteiger partial charge is 0.294 e. The minimum atomic E-state index is -4.53. The van der Waals surface area contributed by atoms with Crippen LogP contribution in [-0.2, 0) is 35.3 Å². The maximum atomic E-state index is 12.9. The lowest BCUT2D eigenvalue weighted by molar-refractivity contribution is -0.138. The first-order chi connectivity index (χ1) is 13.2. The predicted octanol–water partition coefficient (Wildman–Crippen LogP) is 4.77. The third kappa shape index (κ3) is 7.69. The summed E-state index contributed by atoms with van der Waals surface area (Å²) in [5, 5.41) is 0. The molecule has 160 valence electrons. The molecular formula is C19H19F6NO2S. The molecule has 0 aromatic heterocycles. The number of hydrogen-bond donors (Lipinski definition) is 0. The van der Waals surface area contributed by atoms with Crippen molar-refractivity contribution in [2.24, 2.45) is 0 Å². The van der Waals surface area contributed by atoms with Gasteiger partial charge < -0.3 is 0 Å². The van der Waals surface area contributed by atoms with Gasteiger partial charge in [0.2, 0.25) is 0 Å². The van der Waals surface area contributed by atoms with Crippen molar-refractivity contribution in [2.75, 3.05) is 18.6 Å². The molecule has 2 aromatic carbocycles. The molecular weight excluding hydrogens is 420 g/mol. The normalized spacial score (nSPS) is 13.1. The third-order valence-corrected chi connectivity index (χ3v) is 5.02. The second-order valence-corrected chi connectivity index (χ2v) is 9.00. The largest absolute Gasteiger partial charge is 0.416 e. The molecule has 3 nitrogen and oxygen atoms in total. The van der Waals surface area contributed by atoms with Crippen LogP contribution in [0.4, 0.5) is 26.3 Å². The van der Waals surface area contributed by atoms with Crippen LogP contribution < -0.4 is 0 Å². The molecule has 10 heteroatoms. The summed E-state index contributed by atoms with van der Waals surface area (Å²) in [7, 11) is -3.37. The molecule has 0 unspecified atom stereocenters. The SMILES string of the molecule is CS(=O)(=O)CCN(Cc1cccc(C(F)(F)F)c1)Cc1cccc(C(F)(F)F)c1. The molecule has 0 aliphatic rings. The summed E-state index contributed by atoms with van der Waals surface area (Å²) >= 11 is 0. The zero-order valence-corrected chi connectivity index (χ0v) is 16.2. The van der Waals surface area contributed by atoms with Crippen LogP contribution in [-0.4, -0.2) is 31.9 Å². The van der Waals surface area contributed by atoms with Gasteiger partial charge in [-0.1, -0.05) is 36.4 Å². The molecule has 2 aromatic rings. The van der Waals surface area contributed by atoms with Crippen molar-refractivity contribution in [1.29, 1.82) is 0 Å². The molecule has 0 amide bonds. The van der Waals surface area contributed by atoms with Crippen LogP contribution in [0.1, 0.15) is 22.3 Å². The van der Waals surface area contributed by atoms with E-state index in [0.29, 0.717) is 0 Å².